The van der Waals surface area contributed by atoms with E-state index in [1.807, 2.05) is 6.92 Å². The van der Waals surface area contributed by atoms with Crippen molar-refractivity contribution in [2.24, 2.45) is 0 Å². The SMILES string of the molecule is CCC(=C(C(=O)O)c1ccncc1)c1cccc(F)c1. The summed E-state index contributed by atoms with van der Waals surface area (Å²) in [7, 11) is 0. The summed E-state index contributed by atoms with van der Waals surface area (Å²) in [4.78, 5) is 15.5. The van der Waals surface area contributed by atoms with Crippen molar-refractivity contribution in [2.45, 2.75) is 13.3 Å². The Hall–Kier alpha value is -2.49. The van der Waals surface area contributed by atoms with E-state index in [1.54, 1.807) is 24.3 Å². The molecule has 0 fully saturated rings. The number of carboxylic acids is 1. The minimum absolute atomic E-state index is 0.181. The molecule has 0 aliphatic rings. The highest BCUT2D eigenvalue weighted by Gasteiger charge is 2.17. The minimum Gasteiger partial charge on any atom is -0.478 e. The Morgan fingerprint density at radius 3 is 2.45 bits per heavy atom. The van der Waals surface area contributed by atoms with Gasteiger partial charge in [-0.1, -0.05) is 19.1 Å². The maximum Gasteiger partial charge on any atom is 0.336 e. The van der Waals surface area contributed by atoms with Gasteiger partial charge >= 0.3 is 5.97 Å². The van der Waals surface area contributed by atoms with Crippen LogP contribution in [0.1, 0.15) is 24.5 Å². The summed E-state index contributed by atoms with van der Waals surface area (Å²) < 4.78 is 13.4. The van der Waals surface area contributed by atoms with Crippen LogP contribution >= 0.6 is 0 Å². The number of benzene rings is 1. The van der Waals surface area contributed by atoms with E-state index in [2.05, 4.69) is 4.98 Å². The zero-order valence-corrected chi connectivity index (χ0v) is 11.0. The summed E-state index contributed by atoms with van der Waals surface area (Å²) in [6.07, 6.45) is 3.57. The van der Waals surface area contributed by atoms with Crippen LogP contribution in [-0.2, 0) is 4.79 Å². The first-order valence-electron chi connectivity index (χ1n) is 6.26. The lowest BCUT2D eigenvalue weighted by Gasteiger charge is -2.11. The summed E-state index contributed by atoms with van der Waals surface area (Å²) >= 11 is 0. The van der Waals surface area contributed by atoms with Gasteiger partial charge in [-0.05, 0) is 47.4 Å². The van der Waals surface area contributed by atoms with Crippen molar-refractivity contribution in [3.05, 3.63) is 65.7 Å². The zero-order valence-electron chi connectivity index (χ0n) is 11.0. The average Bonchev–Trinajstić information content (AvgIpc) is 2.45. The van der Waals surface area contributed by atoms with Crippen LogP contribution in [0.15, 0.2) is 48.8 Å². The number of carboxylic acid groups (broad SMARTS) is 1. The third kappa shape index (κ3) is 2.91. The van der Waals surface area contributed by atoms with Gasteiger partial charge in [0.2, 0.25) is 0 Å². The normalized spacial score (nSPS) is 11.9. The van der Waals surface area contributed by atoms with Gasteiger partial charge in [0.05, 0.1) is 5.57 Å². The van der Waals surface area contributed by atoms with Crippen LogP contribution < -0.4 is 0 Å². The average molecular weight is 271 g/mol. The molecule has 0 amide bonds. The number of allylic oxidation sites excluding steroid dienone is 1. The highest BCUT2D eigenvalue weighted by Crippen LogP contribution is 2.29. The third-order valence-corrected chi connectivity index (χ3v) is 3.01. The largest absolute Gasteiger partial charge is 0.478 e. The Morgan fingerprint density at radius 1 is 1.20 bits per heavy atom. The van der Waals surface area contributed by atoms with Crippen LogP contribution in [0, 0.1) is 5.82 Å². The van der Waals surface area contributed by atoms with Crippen LogP contribution in [0.5, 0.6) is 0 Å². The van der Waals surface area contributed by atoms with Crippen molar-refractivity contribution in [3.8, 4) is 0 Å². The van der Waals surface area contributed by atoms with Gasteiger partial charge in [-0.25, -0.2) is 9.18 Å². The number of halogens is 1. The second-order valence-corrected chi connectivity index (χ2v) is 4.26. The second-order valence-electron chi connectivity index (χ2n) is 4.26. The summed E-state index contributed by atoms with van der Waals surface area (Å²) in [5.41, 5.74) is 1.93. The Kier molecular flexibility index (Phi) is 4.25. The van der Waals surface area contributed by atoms with Crippen LogP contribution in [-0.4, -0.2) is 16.1 Å². The Balaban J connectivity index is 2.66. The Morgan fingerprint density at radius 2 is 1.90 bits per heavy atom. The first-order chi connectivity index (χ1) is 9.63. The molecule has 1 aromatic carbocycles. The van der Waals surface area contributed by atoms with Gasteiger partial charge in [-0.3, -0.25) is 4.98 Å². The van der Waals surface area contributed by atoms with E-state index in [9.17, 15) is 14.3 Å². The molecule has 0 aliphatic carbocycles. The molecule has 20 heavy (non-hydrogen) atoms. The lowest BCUT2D eigenvalue weighted by atomic mass is 9.93. The van der Waals surface area contributed by atoms with Gasteiger partial charge in [0.15, 0.2) is 0 Å². The van der Waals surface area contributed by atoms with Crippen molar-refractivity contribution in [1.29, 1.82) is 0 Å². The number of aromatic nitrogens is 1. The molecule has 0 saturated heterocycles. The molecular weight excluding hydrogens is 257 g/mol. The van der Waals surface area contributed by atoms with Crippen molar-refractivity contribution in [1.82, 2.24) is 4.98 Å². The third-order valence-electron chi connectivity index (χ3n) is 3.01. The fourth-order valence-electron chi connectivity index (χ4n) is 2.15. The fourth-order valence-corrected chi connectivity index (χ4v) is 2.15. The van der Waals surface area contributed by atoms with Crippen molar-refractivity contribution in [3.63, 3.8) is 0 Å². The maximum atomic E-state index is 13.4. The van der Waals surface area contributed by atoms with E-state index in [0.29, 0.717) is 23.1 Å². The lowest BCUT2D eigenvalue weighted by molar-refractivity contribution is -0.130. The van der Waals surface area contributed by atoms with E-state index in [-0.39, 0.29) is 11.4 Å². The summed E-state index contributed by atoms with van der Waals surface area (Å²) in [5, 5.41) is 9.49. The molecule has 0 atom stereocenters. The van der Waals surface area contributed by atoms with Crippen LogP contribution in [0.2, 0.25) is 0 Å². The van der Waals surface area contributed by atoms with E-state index in [0.717, 1.165) is 0 Å². The predicted molar refractivity (Wildman–Crippen MR) is 75.4 cm³/mol. The van der Waals surface area contributed by atoms with Crippen LogP contribution in [0.25, 0.3) is 11.1 Å². The molecule has 0 spiro atoms. The molecular formula is C16H14FNO2. The first kappa shape index (κ1) is 13.9. The zero-order chi connectivity index (χ0) is 14.5. The molecule has 0 saturated carbocycles. The van der Waals surface area contributed by atoms with Crippen LogP contribution in [0.4, 0.5) is 4.39 Å². The Labute approximate surface area is 116 Å². The molecule has 102 valence electrons. The molecule has 2 aromatic rings. The number of hydrogen-bond acceptors (Lipinski definition) is 2. The van der Waals surface area contributed by atoms with Crippen LogP contribution in [0.3, 0.4) is 0 Å². The van der Waals surface area contributed by atoms with Gasteiger partial charge in [-0.15, -0.1) is 0 Å². The molecule has 3 nitrogen and oxygen atoms in total. The molecule has 0 bridgehead atoms. The minimum atomic E-state index is -1.03. The molecule has 1 aromatic heterocycles. The summed E-state index contributed by atoms with van der Waals surface area (Å²) in [6, 6.07) is 9.25. The number of rotatable bonds is 4. The lowest BCUT2D eigenvalue weighted by Crippen LogP contribution is -2.04. The monoisotopic (exact) mass is 271 g/mol. The van der Waals surface area contributed by atoms with E-state index in [1.165, 1.54) is 24.5 Å². The predicted octanol–water partition coefficient (Wildman–Crippen LogP) is 3.63. The second kappa shape index (κ2) is 6.10. The molecule has 4 heteroatoms. The smallest absolute Gasteiger partial charge is 0.336 e. The number of aliphatic carboxylic acids is 1. The number of nitrogens with zero attached hydrogens (tertiary/aromatic N) is 1. The summed E-state index contributed by atoms with van der Waals surface area (Å²) in [5.74, 6) is -1.41. The van der Waals surface area contributed by atoms with Crippen molar-refractivity contribution in [2.75, 3.05) is 0 Å². The van der Waals surface area contributed by atoms with E-state index in [4.69, 9.17) is 0 Å². The van der Waals surface area contributed by atoms with Gasteiger partial charge in [0.25, 0.3) is 0 Å². The molecule has 0 aliphatic heterocycles. The standard InChI is InChI=1S/C16H14FNO2/c1-2-14(12-4-3-5-13(17)10-12)15(16(19)20)11-6-8-18-9-7-11/h3-10H,2H2,1H3,(H,19,20). The van der Waals surface area contributed by atoms with E-state index >= 15 is 0 Å². The quantitative estimate of drug-likeness (QED) is 0.864. The van der Waals surface area contributed by atoms with Gasteiger partial charge in [-0.2, -0.15) is 0 Å². The fraction of sp³-hybridized carbons (Fsp3) is 0.125. The molecule has 1 heterocycles. The topological polar surface area (TPSA) is 50.2 Å². The maximum absolute atomic E-state index is 13.4. The van der Waals surface area contributed by atoms with Gasteiger partial charge in [0.1, 0.15) is 5.82 Å². The number of pyridine rings is 1. The van der Waals surface area contributed by atoms with Crippen molar-refractivity contribution >= 4 is 17.1 Å². The molecule has 0 radical (unpaired) electrons. The molecule has 1 N–H and O–H groups in total. The van der Waals surface area contributed by atoms with Gasteiger partial charge in [0, 0.05) is 12.4 Å². The highest BCUT2D eigenvalue weighted by molar-refractivity contribution is 6.23. The molecule has 2 rings (SSSR count). The van der Waals surface area contributed by atoms with E-state index < -0.39 is 5.97 Å². The van der Waals surface area contributed by atoms with Crippen molar-refractivity contribution < 1.29 is 14.3 Å². The number of hydrogen-bond donors (Lipinski definition) is 1. The highest BCUT2D eigenvalue weighted by atomic mass is 19.1. The number of carbonyl (C=O) groups is 1. The first-order valence-corrected chi connectivity index (χ1v) is 6.26. The Bertz CT molecular complexity index is 651. The summed E-state index contributed by atoms with van der Waals surface area (Å²) in [6.45, 7) is 1.85. The van der Waals surface area contributed by atoms with Gasteiger partial charge < -0.3 is 5.11 Å². The molecule has 0 unspecified atom stereocenters.